The highest BCUT2D eigenvalue weighted by atomic mass is 32.2. The summed E-state index contributed by atoms with van der Waals surface area (Å²) in [5, 5.41) is 10.7. The summed E-state index contributed by atoms with van der Waals surface area (Å²) in [6, 6.07) is 4.92. The summed E-state index contributed by atoms with van der Waals surface area (Å²) in [6.07, 6.45) is 1.57. The number of hydrogen-bond donors (Lipinski definition) is 1. The van der Waals surface area contributed by atoms with Crippen molar-refractivity contribution in [2.75, 3.05) is 18.4 Å². The Kier molecular flexibility index (Phi) is 7.01. The van der Waals surface area contributed by atoms with Gasteiger partial charge in [0.05, 0.1) is 10.1 Å². The zero-order valence-electron chi connectivity index (χ0n) is 16.1. The molecule has 1 heterocycles. The largest absolute Gasteiger partial charge is 0.325 e. The van der Waals surface area contributed by atoms with E-state index in [0.29, 0.717) is 29.5 Å². The van der Waals surface area contributed by atoms with Gasteiger partial charge in [-0.1, -0.05) is 31.7 Å². The molecule has 2 aromatic rings. The van der Waals surface area contributed by atoms with Crippen molar-refractivity contribution in [3.8, 4) is 0 Å². The van der Waals surface area contributed by atoms with Crippen molar-refractivity contribution in [2.45, 2.75) is 43.0 Å². The first-order valence-electron chi connectivity index (χ1n) is 8.63. The van der Waals surface area contributed by atoms with Gasteiger partial charge in [0, 0.05) is 25.8 Å². The Balaban J connectivity index is 2.20. The highest BCUT2D eigenvalue weighted by Gasteiger charge is 2.24. The van der Waals surface area contributed by atoms with E-state index in [2.05, 4.69) is 15.5 Å². The van der Waals surface area contributed by atoms with E-state index in [0.717, 1.165) is 0 Å². The monoisotopic (exact) mass is 411 g/mol. The lowest BCUT2D eigenvalue weighted by Crippen LogP contribution is -2.31. The van der Waals surface area contributed by atoms with E-state index >= 15 is 0 Å². The molecule has 0 unspecified atom stereocenters. The Labute approximate surface area is 164 Å². The molecule has 27 heavy (non-hydrogen) atoms. The van der Waals surface area contributed by atoms with E-state index in [1.54, 1.807) is 57.8 Å². The Hall–Kier alpha value is -1.91. The van der Waals surface area contributed by atoms with Crippen LogP contribution in [-0.4, -0.2) is 51.7 Å². The van der Waals surface area contributed by atoms with Crippen molar-refractivity contribution < 1.29 is 13.2 Å². The standard InChI is InChI=1S/C17H25N5O3S2/c1-6-22(7-2)27(24,25)15-10-14(9-8-12(15)3)19-16(23)13(4)26-17-20-18-11-21(17)5/h8-11,13H,6-7H2,1-5H3,(H,19,23)/t13-/m1/s1. The van der Waals surface area contributed by atoms with Gasteiger partial charge in [0.25, 0.3) is 0 Å². The number of sulfonamides is 1. The SMILES string of the molecule is CCN(CC)S(=O)(=O)c1cc(NC(=O)[C@@H](C)Sc2nncn2C)ccc1C. The van der Waals surface area contributed by atoms with Crippen LogP contribution in [0.3, 0.4) is 0 Å². The summed E-state index contributed by atoms with van der Waals surface area (Å²) < 4.78 is 28.8. The summed E-state index contributed by atoms with van der Waals surface area (Å²) in [5.74, 6) is -0.238. The number of benzene rings is 1. The molecule has 0 fully saturated rings. The van der Waals surface area contributed by atoms with Gasteiger partial charge in [0.2, 0.25) is 15.9 Å². The van der Waals surface area contributed by atoms with Gasteiger partial charge in [0.1, 0.15) is 6.33 Å². The topological polar surface area (TPSA) is 97.2 Å². The van der Waals surface area contributed by atoms with Crippen molar-refractivity contribution in [2.24, 2.45) is 7.05 Å². The van der Waals surface area contributed by atoms with Crippen LogP contribution in [0.5, 0.6) is 0 Å². The van der Waals surface area contributed by atoms with Gasteiger partial charge in [-0.15, -0.1) is 10.2 Å². The Morgan fingerprint density at radius 1 is 1.33 bits per heavy atom. The maximum Gasteiger partial charge on any atom is 0.243 e. The number of nitrogens with one attached hydrogen (secondary N) is 1. The van der Waals surface area contributed by atoms with Crippen LogP contribution in [-0.2, 0) is 21.9 Å². The summed E-state index contributed by atoms with van der Waals surface area (Å²) in [4.78, 5) is 12.7. The molecule has 10 heteroatoms. The number of carbonyl (C=O) groups excluding carboxylic acids is 1. The maximum absolute atomic E-state index is 12.8. The van der Waals surface area contributed by atoms with Crippen LogP contribution in [0.1, 0.15) is 26.3 Å². The average molecular weight is 412 g/mol. The number of amides is 1. The second kappa shape index (κ2) is 8.85. The zero-order chi connectivity index (χ0) is 20.2. The lowest BCUT2D eigenvalue weighted by molar-refractivity contribution is -0.115. The van der Waals surface area contributed by atoms with Gasteiger partial charge in [-0.05, 0) is 31.5 Å². The van der Waals surface area contributed by atoms with Gasteiger partial charge in [-0.25, -0.2) is 8.42 Å². The lowest BCUT2D eigenvalue weighted by Gasteiger charge is -2.20. The third-order valence-electron chi connectivity index (χ3n) is 4.10. The minimum Gasteiger partial charge on any atom is -0.325 e. The van der Waals surface area contributed by atoms with Gasteiger partial charge in [-0.3, -0.25) is 4.79 Å². The predicted molar refractivity (Wildman–Crippen MR) is 106 cm³/mol. The number of nitrogens with zero attached hydrogens (tertiary/aromatic N) is 4. The number of carbonyl (C=O) groups is 1. The molecule has 0 saturated heterocycles. The van der Waals surface area contributed by atoms with Crippen molar-refractivity contribution in [3.05, 3.63) is 30.1 Å². The van der Waals surface area contributed by atoms with E-state index in [9.17, 15) is 13.2 Å². The minimum atomic E-state index is -3.60. The third kappa shape index (κ3) is 4.88. The maximum atomic E-state index is 12.8. The molecule has 148 valence electrons. The van der Waals surface area contributed by atoms with Gasteiger partial charge >= 0.3 is 0 Å². The Morgan fingerprint density at radius 3 is 2.56 bits per heavy atom. The minimum absolute atomic E-state index is 0.206. The summed E-state index contributed by atoms with van der Waals surface area (Å²) >= 11 is 1.28. The second-order valence-electron chi connectivity index (χ2n) is 6.04. The highest BCUT2D eigenvalue weighted by Crippen LogP contribution is 2.25. The summed E-state index contributed by atoms with van der Waals surface area (Å²) in [5.41, 5.74) is 1.09. The van der Waals surface area contributed by atoms with Crippen LogP contribution < -0.4 is 5.32 Å². The van der Waals surface area contributed by atoms with Crippen molar-refractivity contribution in [1.29, 1.82) is 0 Å². The number of hydrogen-bond acceptors (Lipinski definition) is 6. The number of aryl methyl sites for hydroxylation is 2. The molecule has 1 aromatic carbocycles. The van der Waals surface area contributed by atoms with Gasteiger partial charge in [-0.2, -0.15) is 4.31 Å². The fraction of sp³-hybridized carbons (Fsp3) is 0.471. The van der Waals surface area contributed by atoms with Gasteiger partial charge in [0.15, 0.2) is 5.16 Å². The molecule has 0 aliphatic carbocycles. The molecule has 0 aliphatic rings. The number of rotatable bonds is 8. The Morgan fingerprint density at radius 2 is 2.00 bits per heavy atom. The van der Waals surface area contributed by atoms with Crippen molar-refractivity contribution in [3.63, 3.8) is 0 Å². The molecule has 1 atom stereocenters. The fourth-order valence-corrected chi connectivity index (χ4v) is 4.99. The van der Waals surface area contributed by atoms with Crippen LogP contribution in [0.2, 0.25) is 0 Å². The average Bonchev–Trinajstić information content (AvgIpc) is 3.02. The number of thioether (sulfide) groups is 1. The molecule has 0 spiro atoms. The number of aromatic nitrogens is 3. The third-order valence-corrected chi connectivity index (χ3v) is 7.44. The molecule has 0 aliphatic heterocycles. The van der Waals surface area contributed by atoms with E-state index in [1.165, 1.54) is 22.1 Å². The van der Waals surface area contributed by atoms with Gasteiger partial charge < -0.3 is 9.88 Å². The van der Waals surface area contributed by atoms with E-state index in [1.807, 2.05) is 0 Å². The van der Waals surface area contributed by atoms with Crippen LogP contribution in [0.4, 0.5) is 5.69 Å². The number of anilines is 1. The first kappa shape index (κ1) is 21.4. The normalized spacial score (nSPS) is 13.0. The molecule has 0 bridgehead atoms. The lowest BCUT2D eigenvalue weighted by atomic mass is 10.2. The van der Waals surface area contributed by atoms with E-state index < -0.39 is 15.3 Å². The molecule has 2 rings (SSSR count). The Bertz CT molecular complexity index is 907. The molecule has 8 nitrogen and oxygen atoms in total. The van der Waals surface area contributed by atoms with Crippen molar-refractivity contribution >= 4 is 33.4 Å². The zero-order valence-corrected chi connectivity index (χ0v) is 17.8. The van der Waals surface area contributed by atoms with E-state index in [-0.39, 0.29) is 10.8 Å². The smallest absolute Gasteiger partial charge is 0.243 e. The van der Waals surface area contributed by atoms with Crippen molar-refractivity contribution in [1.82, 2.24) is 19.1 Å². The fourth-order valence-electron chi connectivity index (χ4n) is 2.49. The first-order chi connectivity index (χ1) is 12.7. The second-order valence-corrected chi connectivity index (χ2v) is 9.26. The molecule has 0 saturated carbocycles. The van der Waals surface area contributed by atoms with Crippen LogP contribution in [0.15, 0.2) is 34.6 Å². The van der Waals surface area contributed by atoms with Crippen LogP contribution >= 0.6 is 11.8 Å². The molecule has 1 N–H and O–H groups in total. The summed E-state index contributed by atoms with van der Waals surface area (Å²) in [6.45, 7) is 7.88. The predicted octanol–water partition coefficient (Wildman–Crippen LogP) is 2.27. The molecule has 1 amide bonds. The molecule has 1 aromatic heterocycles. The molecular formula is C17H25N5O3S2. The molecule has 0 radical (unpaired) electrons. The highest BCUT2D eigenvalue weighted by molar-refractivity contribution is 8.00. The summed E-state index contributed by atoms with van der Waals surface area (Å²) in [7, 11) is -1.80. The van der Waals surface area contributed by atoms with Crippen LogP contribution in [0, 0.1) is 6.92 Å². The first-order valence-corrected chi connectivity index (χ1v) is 10.9. The van der Waals surface area contributed by atoms with Crippen LogP contribution in [0.25, 0.3) is 0 Å². The molecular weight excluding hydrogens is 386 g/mol. The quantitative estimate of drug-likeness (QED) is 0.669. The van der Waals surface area contributed by atoms with E-state index in [4.69, 9.17) is 0 Å².